The molecule has 0 bridgehead atoms. The smallest absolute Gasteiger partial charge is 0.416 e. The first kappa shape index (κ1) is 15.3. The van der Waals surface area contributed by atoms with Gasteiger partial charge < -0.3 is 9.84 Å². The topological polar surface area (TPSA) is 29.5 Å². The summed E-state index contributed by atoms with van der Waals surface area (Å²) < 4.78 is 56.4. The van der Waals surface area contributed by atoms with E-state index in [1.807, 2.05) is 0 Å². The average molecular weight is 300 g/mol. The summed E-state index contributed by atoms with van der Waals surface area (Å²) in [5, 5.41) is 8.85. The molecule has 2 nitrogen and oxygen atoms in total. The Morgan fingerprint density at radius 3 is 2.38 bits per heavy atom. The third-order valence-corrected chi connectivity index (χ3v) is 2.83. The molecule has 0 aromatic heterocycles. The lowest BCUT2D eigenvalue weighted by molar-refractivity contribution is -0.137. The number of rotatable bonds is 4. The first-order valence-corrected chi connectivity index (χ1v) is 6.08. The molecule has 6 heteroatoms. The molecule has 0 amide bonds. The predicted octanol–water partition coefficient (Wildman–Crippen LogP) is 3.92. The Hall–Kier alpha value is -2.08. The van der Waals surface area contributed by atoms with Crippen LogP contribution in [0.4, 0.5) is 17.6 Å². The van der Waals surface area contributed by atoms with Crippen LogP contribution < -0.4 is 4.74 Å². The van der Waals surface area contributed by atoms with Crippen LogP contribution >= 0.6 is 0 Å². The van der Waals surface area contributed by atoms with Crippen LogP contribution in [0.25, 0.3) is 0 Å². The number of benzene rings is 2. The summed E-state index contributed by atoms with van der Waals surface area (Å²) in [6.07, 6.45) is -4.43. The van der Waals surface area contributed by atoms with Crippen LogP contribution in [0.3, 0.4) is 0 Å². The fraction of sp³-hybridized carbons (Fsp3) is 0.200. The Morgan fingerprint density at radius 2 is 1.76 bits per heavy atom. The van der Waals surface area contributed by atoms with Crippen LogP contribution in [0.15, 0.2) is 42.5 Å². The molecular formula is C15H12F4O2. The summed E-state index contributed by atoms with van der Waals surface area (Å²) >= 11 is 0. The van der Waals surface area contributed by atoms with Gasteiger partial charge in [0.15, 0.2) is 11.6 Å². The molecule has 0 radical (unpaired) electrons. The molecule has 2 aromatic carbocycles. The van der Waals surface area contributed by atoms with Gasteiger partial charge in [-0.1, -0.05) is 18.2 Å². The number of hydrogen-bond donors (Lipinski definition) is 1. The van der Waals surface area contributed by atoms with Crippen molar-refractivity contribution in [3.63, 3.8) is 0 Å². The Morgan fingerprint density at radius 1 is 1.00 bits per heavy atom. The van der Waals surface area contributed by atoms with Gasteiger partial charge in [0.25, 0.3) is 0 Å². The number of alkyl halides is 3. The van der Waals surface area contributed by atoms with Gasteiger partial charge in [0, 0.05) is 0 Å². The van der Waals surface area contributed by atoms with Crippen molar-refractivity contribution in [2.24, 2.45) is 0 Å². The summed E-state index contributed by atoms with van der Waals surface area (Å²) in [4.78, 5) is 0. The Balaban J connectivity index is 2.10. The quantitative estimate of drug-likeness (QED) is 0.867. The van der Waals surface area contributed by atoms with E-state index in [4.69, 9.17) is 9.84 Å². The predicted molar refractivity (Wildman–Crippen MR) is 68.1 cm³/mol. The SMILES string of the molecule is OCc1ccc(OCc2cccc(C(F)(F)F)c2)c(F)c1. The standard InChI is InChI=1S/C15H12F4O2/c16-13-7-10(8-20)4-5-14(13)21-9-11-2-1-3-12(6-11)15(17,18)19/h1-7,20H,8-9H2. The van der Waals surface area contributed by atoms with E-state index in [-0.39, 0.29) is 24.5 Å². The van der Waals surface area contributed by atoms with Crippen molar-refractivity contribution in [2.45, 2.75) is 19.4 Å². The highest BCUT2D eigenvalue weighted by Gasteiger charge is 2.30. The lowest BCUT2D eigenvalue weighted by Crippen LogP contribution is -2.06. The van der Waals surface area contributed by atoms with Gasteiger partial charge in [-0.2, -0.15) is 13.2 Å². The summed E-state index contributed by atoms with van der Waals surface area (Å²) in [5.74, 6) is -0.752. The zero-order chi connectivity index (χ0) is 15.5. The normalized spacial score (nSPS) is 11.5. The molecule has 0 unspecified atom stereocenters. The van der Waals surface area contributed by atoms with Crippen molar-refractivity contribution >= 4 is 0 Å². The first-order chi connectivity index (χ1) is 9.90. The third-order valence-electron chi connectivity index (χ3n) is 2.83. The van der Waals surface area contributed by atoms with Crippen molar-refractivity contribution in [3.8, 4) is 5.75 Å². The van der Waals surface area contributed by atoms with E-state index in [2.05, 4.69) is 0 Å². The van der Waals surface area contributed by atoms with Crippen LogP contribution in [0.5, 0.6) is 5.75 Å². The Kier molecular flexibility index (Phi) is 4.47. The maximum absolute atomic E-state index is 13.6. The highest BCUT2D eigenvalue weighted by atomic mass is 19.4. The molecule has 2 rings (SSSR count). The van der Waals surface area contributed by atoms with Crippen LogP contribution in [0, 0.1) is 5.82 Å². The summed E-state index contributed by atoms with van der Waals surface area (Å²) in [5.41, 5.74) is -0.103. The minimum atomic E-state index is -4.43. The molecule has 0 aliphatic rings. The highest BCUT2D eigenvalue weighted by molar-refractivity contribution is 5.30. The van der Waals surface area contributed by atoms with Gasteiger partial charge >= 0.3 is 6.18 Å². The van der Waals surface area contributed by atoms with E-state index in [1.165, 1.54) is 24.3 Å². The monoisotopic (exact) mass is 300 g/mol. The second-order valence-corrected chi connectivity index (χ2v) is 4.41. The summed E-state index contributed by atoms with van der Waals surface area (Å²) in [6, 6.07) is 8.57. The summed E-state index contributed by atoms with van der Waals surface area (Å²) in [6.45, 7) is -0.482. The lowest BCUT2D eigenvalue weighted by Gasteiger charge is -2.11. The molecule has 0 spiro atoms. The van der Waals surface area contributed by atoms with Crippen LogP contribution in [0.2, 0.25) is 0 Å². The molecule has 0 aliphatic heterocycles. The molecule has 0 aliphatic carbocycles. The molecule has 0 atom stereocenters. The van der Waals surface area contributed by atoms with Gasteiger partial charge in [-0.15, -0.1) is 0 Å². The van der Waals surface area contributed by atoms with Gasteiger partial charge in [0.1, 0.15) is 6.61 Å². The van der Waals surface area contributed by atoms with Crippen molar-refractivity contribution in [3.05, 3.63) is 65.0 Å². The molecular weight excluding hydrogens is 288 g/mol. The highest BCUT2D eigenvalue weighted by Crippen LogP contribution is 2.30. The van der Waals surface area contributed by atoms with E-state index in [0.717, 1.165) is 18.2 Å². The summed E-state index contributed by atoms with van der Waals surface area (Å²) in [7, 11) is 0. The zero-order valence-electron chi connectivity index (χ0n) is 10.8. The largest absolute Gasteiger partial charge is 0.486 e. The van der Waals surface area contributed by atoms with Crippen molar-refractivity contribution in [1.82, 2.24) is 0 Å². The minimum Gasteiger partial charge on any atom is -0.486 e. The second kappa shape index (κ2) is 6.13. The number of ether oxygens (including phenoxy) is 1. The maximum atomic E-state index is 13.6. The van der Waals surface area contributed by atoms with E-state index in [1.54, 1.807) is 0 Å². The molecule has 0 saturated heterocycles. The average Bonchev–Trinajstić information content (AvgIpc) is 2.45. The van der Waals surface area contributed by atoms with Gasteiger partial charge in [0.05, 0.1) is 12.2 Å². The Labute approximate surface area is 118 Å². The maximum Gasteiger partial charge on any atom is 0.416 e. The van der Waals surface area contributed by atoms with Gasteiger partial charge in [-0.05, 0) is 35.4 Å². The molecule has 0 saturated carbocycles. The minimum absolute atomic E-state index is 0.0791. The molecule has 2 aromatic rings. The molecule has 112 valence electrons. The molecule has 21 heavy (non-hydrogen) atoms. The fourth-order valence-corrected chi connectivity index (χ4v) is 1.76. The van der Waals surface area contributed by atoms with Gasteiger partial charge in [0.2, 0.25) is 0 Å². The molecule has 0 heterocycles. The number of hydrogen-bond acceptors (Lipinski definition) is 2. The van der Waals surface area contributed by atoms with Crippen molar-refractivity contribution in [2.75, 3.05) is 0 Å². The van der Waals surface area contributed by atoms with Crippen LogP contribution in [-0.4, -0.2) is 5.11 Å². The van der Waals surface area contributed by atoms with E-state index >= 15 is 0 Å². The number of halogens is 4. The third kappa shape index (κ3) is 3.95. The Bertz CT molecular complexity index is 623. The molecule has 1 N–H and O–H groups in total. The first-order valence-electron chi connectivity index (χ1n) is 6.08. The van der Waals surface area contributed by atoms with Crippen molar-refractivity contribution in [1.29, 1.82) is 0 Å². The lowest BCUT2D eigenvalue weighted by atomic mass is 10.1. The second-order valence-electron chi connectivity index (χ2n) is 4.41. The number of aliphatic hydroxyl groups excluding tert-OH is 1. The zero-order valence-corrected chi connectivity index (χ0v) is 10.8. The van der Waals surface area contributed by atoms with Crippen LogP contribution in [-0.2, 0) is 19.4 Å². The van der Waals surface area contributed by atoms with E-state index in [0.29, 0.717) is 5.56 Å². The van der Waals surface area contributed by atoms with E-state index < -0.39 is 17.6 Å². The fourth-order valence-electron chi connectivity index (χ4n) is 1.76. The van der Waals surface area contributed by atoms with Gasteiger partial charge in [-0.25, -0.2) is 4.39 Å². The number of aliphatic hydroxyl groups is 1. The van der Waals surface area contributed by atoms with Gasteiger partial charge in [-0.3, -0.25) is 0 Å². The van der Waals surface area contributed by atoms with Crippen molar-refractivity contribution < 1.29 is 27.4 Å². The van der Waals surface area contributed by atoms with Crippen LogP contribution in [0.1, 0.15) is 16.7 Å². The molecule has 0 fully saturated rings. The van der Waals surface area contributed by atoms with E-state index in [9.17, 15) is 17.6 Å².